The van der Waals surface area contributed by atoms with Crippen LogP contribution < -0.4 is 0 Å². The number of unbranched alkanes of at least 4 members (excludes halogenated alkanes) is 4. The Morgan fingerprint density at radius 3 is 1.93 bits per heavy atom. The summed E-state index contributed by atoms with van der Waals surface area (Å²) in [5.74, 6) is 0.196. The minimum absolute atomic E-state index is 0.196. The SMILES string of the molecule is CN(C)C.[B]CC(=O)CCCCCCC. The summed E-state index contributed by atoms with van der Waals surface area (Å²) < 4.78 is 0. The molecule has 15 heavy (non-hydrogen) atoms. The lowest BCUT2D eigenvalue weighted by Crippen LogP contribution is -1.99. The second kappa shape index (κ2) is 13.7. The number of hydrogen-bond acceptors (Lipinski definition) is 2. The van der Waals surface area contributed by atoms with Crippen molar-refractivity contribution in [3.05, 3.63) is 0 Å². The molecular formula is C12H26BNO. The predicted molar refractivity (Wildman–Crippen MR) is 68.6 cm³/mol. The minimum Gasteiger partial charge on any atom is -0.312 e. The van der Waals surface area contributed by atoms with E-state index in [9.17, 15) is 4.79 Å². The molecule has 0 unspecified atom stereocenters. The summed E-state index contributed by atoms with van der Waals surface area (Å²) >= 11 is 0. The standard InChI is InChI=1S/C9H17BO.C3H9N/c1-2-3-4-5-6-7-9(11)8-10;1-4(2)3/h2-8H2,1H3;1-3H3. The lowest BCUT2D eigenvalue weighted by Gasteiger charge is -1.97. The van der Waals surface area contributed by atoms with Gasteiger partial charge in [0.2, 0.25) is 0 Å². The van der Waals surface area contributed by atoms with Crippen LogP contribution in [0.2, 0.25) is 6.32 Å². The molecule has 0 N–H and O–H groups in total. The molecule has 0 saturated carbocycles. The van der Waals surface area contributed by atoms with Crippen LogP contribution in [0.3, 0.4) is 0 Å². The average Bonchev–Trinajstić information content (AvgIpc) is 2.16. The van der Waals surface area contributed by atoms with Gasteiger partial charge in [0.1, 0.15) is 5.78 Å². The van der Waals surface area contributed by atoms with Gasteiger partial charge in [0, 0.05) is 6.42 Å². The van der Waals surface area contributed by atoms with Crippen LogP contribution in [0.15, 0.2) is 0 Å². The lowest BCUT2D eigenvalue weighted by molar-refractivity contribution is -0.117. The topological polar surface area (TPSA) is 20.3 Å². The number of hydrogen-bond donors (Lipinski definition) is 0. The summed E-state index contributed by atoms with van der Waals surface area (Å²) in [5.41, 5.74) is 0. The Bertz CT molecular complexity index is 135. The molecule has 0 spiro atoms. The molecule has 0 rings (SSSR count). The first-order chi connectivity index (χ1) is 7.04. The highest BCUT2D eigenvalue weighted by Gasteiger charge is 1.96. The van der Waals surface area contributed by atoms with Crippen molar-refractivity contribution in [1.82, 2.24) is 4.90 Å². The third-order valence-electron chi connectivity index (χ3n) is 1.79. The zero-order valence-electron chi connectivity index (χ0n) is 10.9. The van der Waals surface area contributed by atoms with Gasteiger partial charge in [-0.05, 0) is 33.9 Å². The van der Waals surface area contributed by atoms with E-state index in [0.29, 0.717) is 6.42 Å². The molecule has 0 fully saturated rings. The van der Waals surface area contributed by atoms with E-state index in [1.54, 1.807) is 0 Å². The van der Waals surface area contributed by atoms with Gasteiger partial charge in [-0.1, -0.05) is 32.6 Å². The van der Waals surface area contributed by atoms with Gasteiger partial charge in [-0.2, -0.15) is 0 Å². The highest BCUT2D eigenvalue weighted by Crippen LogP contribution is 2.05. The second-order valence-corrected chi connectivity index (χ2v) is 4.25. The summed E-state index contributed by atoms with van der Waals surface area (Å²) in [7, 11) is 11.2. The minimum atomic E-state index is 0.196. The van der Waals surface area contributed by atoms with E-state index in [0.717, 1.165) is 6.42 Å². The van der Waals surface area contributed by atoms with Gasteiger partial charge >= 0.3 is 0 Å². The summed E-state index contributed by atoms with van der Waals surface area (Å²) in [6.07, 6.45) is 6.90. The van der Waals surface area contributed by atoms with E-state index in [2.05, 4.69) is 6.92 Å². The van der Waals surface area contributed by atoms with Crippen LogP contribution in [0.1, 0.15) is 45.4 Å². The molecule has 3 heteroatoms. The van der Waals surface area contributed by atoms with Gasteiger partial charge in [0.25, 0.3) is 0 Å². The normalized spacial score (nSPS) is 9.67. The van der Waals surface area contributed by atoms with Crippen LogP contribution in [-0.4, -0.2) is 39.7 Å². The van der Waals surface area contributed by atoms with E-state index >= 15 is 0 Å². The third-order valence-corrected chi connectivity index (χ3v) is 1.79. The molecule has 2 nitrogen and oxygen atoms in total. The first kappa shape index (κ1) is 17.1. The van der Waals surface area contributed by atoms with E-state index in [-0.39, 0.29) is 12.1 Å². The maximum atomic E-state index is 10.7. The van der Waals surface area contributed by atoms with Crippen LogP contribution in [0.5, 0.6) is 0 Å². The molecule has 0 amide bonds. The number of nitrogens with zero attached hydrogens (tertiary/aromatic N) is 1. The largest absolute Gasteiger partial charge is 0.312 e. The molecule has 0 aliphatic rings. The Balaban J connectivity index is 0. The molecule has 2 radical (unpaired) electrons. The van der Waals surface area contributed by atoms with Crippen LogP contribution in [0.25, 0.3) is 0 Å². The van der Waals surface area contributed by atoms with Gasteiger partial charge in [0.05, 0.1) is 7.85 Å². The molecule has 0 aliphatic heterocycles. The van der Waals surface area contributed by atoms with Crippen molar-refractivity contribution in [2.75, 3.05) is 21.1 Å². The van der Waals surface area contributed by atoms with E-state index in [4.69, 9.17) is 7.85 Å². The first-order valence-corrected chi connectivity index (χ1v) is 5.87. The maximum Gasteiger partial charge on any atom is 0.124 e. The molecule has 88 valence electrons. The summed E-state index contributed by atoms with van der Waals surface area (Å²) in [6, 6.07) is 0. The van der Waals surface area contributed by atoms with Crippen molar-refractivity contribution in [2.45, 2.75) is 51.8 Å². The Morgan fingerprint density at radius 2 is 1.53 bits per heavy atom. The Kier molecular flexibility index (Phi) is 15.6. The maximum absolute atomic E-state index is 10.7. The Morgan fingerprint density at radius 1 is 1.07 bits per heavy atom. The first-order valence-electron chi connectivity index (χ1n) is 5.87. The molecule has 0 heterocycles. The van der Waals surface area contributed by atoms with E-state index < -0.39 is 0 Å². The quantitative estimate of drug-likeness (QED) is 0.476. The van der Waals surface area contributed by atoms with Gasteiger partial charge in [0.15, 0.2) is 0 Å². The van der Waals surface area contributed by atoms with Crippen LogP contribution >= 0.6 is 0 Å². The number of carbonyl (C=O) groups excluding carboxylic acids is 1. The van der Waals surface area contributed by atoms with Gasteiger partial charge in [-0.25, -0.2) is 0 Å². The van der Waals surface area contributed by atoms with Crippen molar-refractivity contribution in [3.63, 3.8) is 0 Å². The number of Topliss-reactive ketones (excluding diaryl/α,β-unsaturated/α-hetero) is 1. The van der Waals surface area contributed by atoms with Gasteiger partial charge in [-0.15, -0.1) is 0 Å². The van der Waals surface area contributed by atoms with E-state index in [1.807, 2.05) is 26.0 Å². The highest BCUT2D eigenvalue weighted by molar-refractivity contribution is 6.20. The fourth-order valence-electron chi connectivity index (χ4n) is 1.03. The van der Waals surface area contributed by atoms with Crippen molar-refractivity contribution >= 4 is 13.6 Å². The summed E-state index contributed by atoms with van der Waals surface area (Å²) in [6.45, 7) is 2.19. The molecule has 0 saturated heterocycles. The smallest absolute Gasteiger partial charge is 0.124 e. The number of carbonyl (C=O) groups is 1. The zero-order valence-corrected chi connectivity index (χ0v) is 10.9. The Hall–Kier alpha value is -0.305. The fourth-order valence-corrected chi connectivity index (χ4v) is 1.03. The van der Waals surface area contributed by atoms with Crippen molar-refractivity contribution in [3.8, 4) is 0 Å². The second-order valence-electron chi connectivity index (χ2n) is 4.25. The fraction of sp³-hybridized carbons (Fsp3) is 0.917. The molecule has 0 aliphatic carbocycles. The van der Waals surface area contributed by atoms with E-state index in [1.165, 1.54) is 25.7 Å². The van der Waals surface area contributed by atoms with Crippen LogP contribution in [-0.2, 0) is 4.79 Å². The number of ketones is 1. The third kappa shape index (κ3) is 24.8. The summed E-state index contributed by atoms with van der Waals surface area (Å²) in [4.78, 5) is 12.7. The highest BCUT2D eigenvalue weighted by atomic mass is 16.1. The molecule has 0 bridgehead atoms. The van der Waals surface area contributed by atoms with Gasteiger partial charge < -0.3 is 9.69 Å². The molecule has 0 aromatic carbocycles. The molecular weight excluding hydrogens is 185 g/mol. The van der Waals surface area contributed by atoms with Crippen LogP contribution in [0.4, 0.5) is 0 Å². The zero-order chi connectivity index (χ0) is 12.1. The monoisotopic (exact) mass is 211 g/mol. The molecule has 0 atom stereocenters. The average molecular weight is 211 g/mol. The van der Waals surface area contributed by atoms with Crippen molar-refractivity contribution < 1.29 is 4.79 Å². The predicted octanol–water partition coefficient (Wildman–Crippen LogP) is 2.68. The van der Waals surface area contributed by atoms with Crippen molar-refractivity contribution in [1.29, 1.82) is 0 Å². The Labute approximate surface area is 96.8 Å². The number of rotatable bonds is 7. The lowest BCUT2D eigenvalue weighted by atomic mass is 9.97. The van der Waals surface area contributed by atoms with Crippen molar-refractivity contribution in [2.24, 2.45) is 0 Å². The van der Waals surface area contributed by atoms with Crippen LogP contribution in [0, 0.1) is 0 Å². The van der Waals surface area contributed by atoms with Gasteiger partial charge in [-0.3, -0.25) is 0 Å². The molecule has 0 aromatic rings. The summed E-state index contributed by atoms with van der Waals surface area (Å²) in [5, 5.41) is 0. The molecule has 0 aromatic heterocycles.